The van der Waals surface area contributed by atoms with Gasteiger partial charge in [0, 0.05) is 44.9 Å². The van der Waals surface area contributed by atoms with Crippen LogP contribution in [0.3, 0.4) is 0 Å². The van der Waals surface area contributed by atoms with Gasteiger partial charge >= 0.3 is 0 Å². The molecule has 7 heteroatoms. The van der Waals surface area contributed by atoms with E-state index < -0.39 is 0 Å². The number of Topliss-reactive ketones (excluding diaryl/α,β-unsaturated/α-hetero) is 1. The molecule has 0 spiro atoms. The zero-order chi connectivity index (χ0) is 18.2. The zero-order valence-corrected chi connectivity index (χ0v) is 16.1. The van der Waals surface area contributed by atoms with Crippen LogP contribution in [0.1, 0.15) is 36.6 Å². The number of likely N-dealkylation sites (tertiary alicyclic amines) is 1. The highest BCUT2D eigenvalue weighted by Gasteiger charge is 2.22. The first-order valence-corrected chi connectivity index (χ1v) is 10.6. The summed E-state index contributed by atoms with van der Waals surface area (Å²) < 4.78 is 1.11. The normalized spacial score (nSPS) is 23.3. The molecule has 2 saturated heterocycles. The lowest BCUT2D eigenvalue weighted by molar-refractivity contribution is -0.119. The maximum Gasteiger partial charge on any atom is 0.170 e. The quantitative estimate of drug-likeness (QED) is 0.800. The molecule has 0 N–H and O–H groups in total. The minimum atomic E-state index is 0.242. The summed E-state index contributed by atoms with van der Waals surface area (Å²) in [5.74, 6) is 1.73. The Balaban J connectivity index is 1.33. The number of carbonyl (C=O) groups excluding carboxylic acids is 1. The standard InChI is InChI=1S/C20H23N5OS/c26-16-5-9-24(10-6-16)15-11-17-19(22-13-15)23-20(27-17)14-3-4-18(21-12-14)25-7-1-2-8-25/h3-4,11,13-14H,1-2,5-10,12H2. The molecular formula is C20H23N5OS. The Morgan fingerprint density at radius 1 is 1.07 bits per heavy atom. The van der Waals surface area contributed by atoms with E-state index in [1.54, 1.807) is 11.3 Å². The number of piperidine rings is 1. The Labute approximate surface area is 162 Å². The lowest BCUT2D eigenvalue weighted by Crippen LogP contribution is -2.33. The van der Waals surface area contributed by atoms with Crippen LogP contribution in [-0.4, -0.2) is 59.2 Å². The van der Waals surface area contributed by atoms with Crippen LogP contribution in [-0.2, 0) is 4.79 Å². The van der Waals surface area contributed by atoms with Gasteiger partial charge in [0.2, 0.25) is 0 Å². The molecular weight excluding hydrogens is 358 g/mol. The second-order valence-electron chi connectivity index (χ2n) is 7.45. The number of hydrogen-bond donors (Lipinski definition) is 0. The minimum Gasteiger partial charge on any atom is -0.369 e. The third kappa shape index (κ3) is 3.36. The van der Waals surface area contributed by atoms with Crippen LogP contribution < -0.4 is 4.90 Å². The number of nitrogens with zero attached hydrogens (tertiary/aromatic N) is 5. The molecule has 0 aromatic carbocycles. The highest BCUT2D eigenvalue weighted by molar-refractivity contribution is 7.18. The predicted octanol–water partition coefficient (Wildman–Crippen LogP) is 3.01. The summed E-state index contributed by atoms with van der Waals surface area (Å²) in [6.07, 6.45) is 10.1. The summed E-state index contributed by atoms with van der Waals surface area (Å²) >= 11 is 1.71. The molecule has 140 valence electrons. The summed E-state index contributed by atoms with van der Waals surface area (Å²) in [6, 6.07) is 2.17. The number of amidine groups is 1. The highest BCUT2D eigenvalue weighted by atomic mass is 32.1. The van der Waals surface area contributed by atoms with Gasteiger partial charge in [0.05, 0.1) is 23.1 Å². The average Bonchev–Trinajstić information content (AvgIpc) is 3.38. The number of thiazole rings is 1. The summed E-state index contributed by atoms with van der Waals surface area (Å²) in [4.78, 5) is 30.2. The van der Waals surface area contributed by atoms with Crippen molar-refractivity contribution in [3.8, 4) is 0 Å². The highest BCUT2D eigenvalue weighted by Crippen LogP contribution is 2.32. The van der Waals surface area contributed by atoms with Crippen LogP contribution in [0, 0.1) is 0 Å². The molecule has 0 radical (unpaired) electrons. The van der Waals surface area contributed by atoms with Gasteiger partial charge in [-0.2, -0.15) is 0 Å². The summed E-state index contributed by atoms with van der Waals surface area (Å²) in [5, 5.41) is 1.09. The Morgan fingerprint density at radius 2 is 1.89 bits per heavy atom. The van der Waals surface area contributed by atoms with Crippen LogP contribution >= 0.6 is 11.3 Å². The van der Waals surface area contributed by atoms with E-state index in [-0.39, 0.29) is 5.92 Å². The summed E-state index contributed by atoms with van der Waals surface area (Å²) in [7, 11) is 0. The summed E-state index contributed by atoms with van der Waals surface area (Å²) in [6.45, 7) is 4.60. The fourth-order valence-electron chi connectivity index (χ4n) is 3.99. The minimum absolute atomic E-state index is 0.242. The van der Waals surface area contributed by atoms with Gasteiger partial charge in [0.25, 0.3) is 0 Å². The van der Waals surface area contributed by atoms with Crippen molar-refractivity contribution in [2.24, 2.45) is 4.99 Å². The van der Waals surface area contributed by atoms with Crippen LogP contribution in [0.4, 0.5) is 5.69 Å². The molecule has 5 rings (SSSR count). The number of anilines is 1. The molecule has 1 atom stereocenters. The molecule has 5 heterocycles. The van der Waals surface area contributed by atoms with E-state index in [9.17, 15) is 4.79 Å². The fraction of sp³-hybridized carbons (Fsp3) is 0.500. The largest absolute Gasteiger partial charge is 0.369 e. The number of pyridine rings is 1. The van der Waals surface area contributed by atoms with E-state index in [1.165, 1.54) is 12.8 Å². The van der Waals surface area contributed by atoms with Gasteiger partial charge < -0.3 is 9.80 Å². The number of dihydropyridines is 1. The van der Waals surface area contributed by atoms with E-state index in [0.717, 1.165) is 59.6 Å². The second-order valence-corrected chi connectivity index (χ2v) is 8.51. The van der Waals surface area contributed by atoms with Gasteiger partial charge in [0.15, 0.2) is 5.65 Å². The monoisotopic (exact) mass is 381 g/mol. The molecule has 6 nitrogen and oxygen atoms in total. The Hall–Kier alpha value is -2.28. The maximum atomic E-state index is 11.5. The molecule has 3 aliphatic rings. The molecule has 0 saturated carbocycles. The van der Waals surface area contributed by atoms with Crippen LogP contribution in [0.25, 0.3) is 10.3 Å². The first-order valence-electron chi connectivity index (χ1n) is 9.77. The van der Waals surface area contributed by atoms with Gasteiger partial charge in [-0.05, 0) is 25.0 Å². The molecule has 2 fully saturated rings. The Kier molecular flexibility index (Phi) is 4.39. The SMILES string of the molecule is O=C1CCN(c2cnc3nc(C4C=CC(N5CCCC5)=NC4)sc3c2)CC1. The van der Waals surface area contributed by atoms with Crippen molar-refractivity contribution < 1.29 is 4.79 Å². The third-order valence-corrected chi connectivity index (χ3v) is 6.73. The van der Waals surface area contributed by atoms with Crippen molar-refractivity contribution in [2.75, 3.05) is 37.6 Å². The van der Waals surface area contributed by atoms with E-state index in [0.29, 0.717) is 18.6 Å². The van der Waals surface area contributed by atoms with Crippen molar-refractivity contribution >= 4 is 39.0 Å². The van der Waals surface area contributed by atoms with Gasteiger partial charge in [-0.1, -0.05) is 6.08 Å². The third-order valence-electron chi connectivity index (χ3n) is 5.61. The van der Waals surface area contributed by atoms with Gasteiger partial charge in [-0.25, -0.2) is 9.97 Å². The lowest BCUT2D eigenvalue weighted by Gasteiger charge is -2.27. The Bertz CT molecular complexity index is 918. The first-order chi connectivity index (χ1) is 13.3. The summed E-state index contributed by atoms with van der Waals surface area (Å²) in [5.41, 5.74) is 1.91. The molecule has 27 heavy (non-hydrogen) atoms. The number of aromatic nitrogens is 2. The van der Waals surface area contributed by atoms with Crippen LogP contribution in [0.2, 0.25) is 0 Å². The second kappa shape index (κ2) is 7.03. The van der Waals surface area contributed by atoms with E-state index in [2.05, 4.69) is 33.0 Å². The van der Waals surface area contributed by atoms with Crippen molar-refractivity contribution in [1.82, 2.24) is 14.9 Å². The van der Waals surface area contributed by atoms with Crippen molar-refractivity contribution in [3.63, 3.8) is 0 Å². The first kappa shape index (κ1) is 16.9. The number of hydrogen-bond acceptors (Lipinski definition) is 7. The van der Waals surface area contributed by atoms with Crippen molar-refractivity contribution in [3.05, 3.63) is 29.4 Å². The van der Waals surface area contributed by atoms with Gasteiger partial charge in [-0.3, -0.25) is 9.79 Å². The number of ketones is 1. The number of aliphatic imine (C=N–C) groups is 1. The maximum absolute atomic E-state index is 11.5. The average molecular weight is 382 g/mol. The van der Waals surface area contributed by atoms with Crippen molar-refractivity contribution in [2.45, 2.75) is 31.6 Å². The number of carbonyl (C=O) groups is 1. The molecule has 2 aromatic rings. The smallest absolute Gasteiger partial charge is 0.170 e. The topological polar surface area (TPSA) is 61.7 Å². The van der Waals surface area contributed by atoms with Crippen LogP contribution in [0.5, 0.6) is 0 Å². The number of rotatable bonds is 2. The molecule has 3 aliphatic heterocycles. The molecule has 0 amide bonds. The number of fused-ring (bicyclic) bond motifs is 1. The zero-order valence-electron chi connectivity index (χ0n) is 15.3. The van der Waals surface area contributed by atoms with E-state index in [1.807, 2.05) is 6.20 Å². The lowest BCUT2D eigenvalue weighted by atomic mass is 10.1. The molecule has 1 unspecified atom stereocenters. The Morgan fingerprint density at radius 3 is 2.63 bits per heavy atom. The van der Waals surface area contributed by atoms with Crippen LogP contribution in [0.15, 0.2) is 29.4 Å². The fourth-order valence-corrected chi connectivity index (χ4v) is 5.02. The molecule has 0 bridgehead atoms. The van der Waals surface area contributed by atoms with Gasteiger partial charge in [-0.15, -0.1) is 11.3 Å². The van der Waals surface area contributed by atoms with E-state index >= 15 is 0 Å². The predicted molar refractivity (Wildman–Crippen MR) is 109 cm³/mol. The van der Waals surface area contributed by atoms with Crippen molar-refractivity contribution in [1.29, 1.82) is 0 Å². The molecule has 2 aromatic heterocycles. The molecule has 0 aliphatic carbocycles. The van der Waals surface area contributed by atoms with E-state index in [4.69, 9.17) is 9.98 Å². The van der Waals surface area contributed by atoms with Gasteiger partial charge in [0.1, 0.15) is 16.6 Å².